The van der Waals surface area contributed by atoms with Crippen LogP contribution in [0.25, 0.3) is 0 Å². The van der Waals surface area contributed by atoms with E-state index in [0.717, 1.165) is 31.3 Å². The number of aromatic nitrogens is 3. The van der Waals surface area contributed by atoms with Gasteiger partial charge in [-0.05, 0) is 32.9 Å². The number of hydrogen-bond donors (Lipinski definition) is 0. The minimum atomic E-state index is 0.750. The van der Waals surface area contributed by atoms with Crippen LogP contribution in [0.2, 0.25) is 0 Å². The van der Waals surface area contributed by atoms with Crippen molar-refractivity contribution in [2.75, 3.05) is 13.1 Å². The highest BCUT2D eigenvalue weighted by molar-refractivity contribution is 6.06. The molecule has 0 N–H and O–H groups in total. The van der Waals surface area contributed by atoms with Crippen molar-refractivity contribution in [3.8, 4) is 0 Å². The van der Waals surface area contributed by atoms with Crippen LogP contribution in [0.3, 0.4) is 0 Å². The van der Waals surface area contributed by atoms with Crippen molar-refractivity contribution < 1.29 is 0 Å². The van der Waals surface area contributed by atoms with E-state index in [1.54, 1.807) is 0 Å². The lowest BCUT2D eigenvalue weighted by Gasteiger charge is -2.25. The Kier molecular flexibility index (Phi) is 2.86. The van der Waals surface area contributed by atoms with Gasteiger partial charge < -0.3 is 4.59 Å². The second-order valence-corrected chi connectivity index (χ2v) is 3.86. The highest BCUT2D eigenvalue weighted by atomic mass is 15.3. The average Bonchev–Trinajstić information content (AvgIpc) is 2.47. The third-order valence-electron chi connectivity index (χ3n) is 2.62. The van der Waals surface area contributed by atoms with E-state index in [0.29, 0.717) is 0 Å². The van der Waals surface area contributed by atoms with Gasteiger partial charge in [0.05, 0.1) is 6.54 Å². The maximum atomic E-state index is 5.67. The molecule has 0 unspecified atom stereocenters. The minimum Gasteiger partial charge on any atom is -0.310 e. The maximum Gasteiger partial charge on any atom is 0.266 e. The SMILES string of the molecule is [B]n1nc(C)nc1CN1CCCCC1. The van der Waals surface area contributed by atoms with Crippen LogP contribution in [0.4, 0.5) is 0 Å². The van der Waals surface area contributed by atoms with Crippen LogP contribution in [0, 0.1) is 6.92 Å². The number of nitrogens with zero attached hydrogens (tertiary/aromatic N) is 4. The number of aryl methyl sites for hydroxylation is 1. The van der Waals surface area contributed by atoms with Gasteiger partial charge in [-0.2, -0.15) is 5.10 Å². The second kappa shape index (κ2) is 4.13. The molecule has 4 nitrogen and oxygen atoms in total. The first-order valence-electron chi connectivity index (χ1n) is 5.15. The number of piperidine rings is 1. The van der Waals surface area contributed by atoms with Gasteiger partial charge in [0.2, 0.25) is 0 Å². The molecule has 0 amide bonds. The zero-order valence-corrected chi connectivity index (χ0v) is 8.61. The number of likely N-dealkylation sites (tertiary alicyclic amines) is 1. The highest BCUT2D eigenvalue weighted by Crippen LogP contribution is 2.11. The van der Waals surface area contributed by atoms with Gasteiger partial charge in [0.1, 0.15) is 11.6 Å². The first kappa shape index (κ1) is 9.71. The van der Waals surface area contributed by atoms with Gasteiger partial charge in [-0.1, -0.05) is 6.42 Å². The third kappa shape index (κ3) is 2.15. The molecule has 1 aromatic heterocycles. The van der Waals surface area contributed by atoms with Crippen LogP contribution in [0.15, 0.2) is 0 Å². The number of hydrogen-bond acceptors (Lipinski definition) is 3. The van der Waals surface area contributed by atoms with Crippen molar-refractivity contribution in [1.29, 1.82) is 0 Å². The Morgan fingerprint density at radius 3 is 2.57 bits per heavy atom. The lowest BCUT2D eigenvalue weighted by Crippen LogP contribution is -2.30. The van der Waals surface area contributed by atoms with E-state index in [9.17, 15) is 0 Å². The average molecular weight is 190 g/mol. The molecular formula is C9H15BN4. The summed E-state index contributed by atoms with van der Waals surface area (Å²) in [6.45, 7) is 5.01. The standard InChI is InChI=1S/C9H15BN4/c1-8-11-9(14(10)12-8)7-13-5-3-2-4-6-13/h2-7H2,1H3. The highest BCUT2D eigenvalue weighted by Gasteiger charge is 2.13. The Morgan fingerprint density at radius 2 is 2.00 bits per heavy atom. The molecule has 0 saturated carbocycles. The molecule has 0 bridgehead atoms. The summed E-state index contributed by atoms with van der Waals surface area (Å²) in [6.07, 6.45) is 3.93. The predicted octanol–water partition coefficient (Wildman–Crippen LogP) is 0.504. The van der Waals surface area contributed by atoms with Crippen LogP contribution < -0.4 is 0 Å². The normalized spacial score (nSPS) is 18.6. The van der Waals surface area contributed by atoms with Crippen LogP contribution in [0.5, 0.6) is 0 Å². The van der Waals surface area contributed by atoms with E-state index < -0.39 is 0 Å². The molecule has 0 atom stereocenters. The molecule has 1 fully saturated rings. The van der Waals surface area contributed by atoms with Gasteiger partial charge in [0, 0.05) is 0 Å². The molecule has 2 radical (unpaired) electrons. The molecule has 1 saturated heterocycles. The Bertz CT molecular complexity index is 304. The van der Waals surface area contributed by atoms with Crippen LogP contribution in [-0.2, 0) is 6.54 Å². The summed E-state index contributed by atoms with van der Waals surface area (Å²) in [5.41, 5.74) is 0. The first-order chi connectivity index (χ1) is 6.75. The summed E-state index contributed by atoms with van der Waals surface area (Å²) in [6, 6.07) is 0. The van der Waals surface area contributed by atoms with Gasteiger partial charge in [-0.15, -0.1) is 0 Å². The third-order valence-corrected chi connectivity index (χ3v) is 2.62. The zero-order valence-electron chi connectivity index (χ0n) is 8.61. The molecule has 14 heavy (non-hydrogen) atoms. The van der Waals surface area contributed by atoms with Crippen molar-refractivity contribution in [3.05, 3.63) is 11.6 Å². The molecule has 1 aromatic rings. The summed E-state index contributed by atoms with van der Waals surface area (Å²) in [5.74, 6) is 1.61. The maximum absolute atomic E-state index is 5.67. The summed E-state index contributed by atoms with van der Waals surface area (Å²) < 4.78 is 1.39. The van der Waals surface area contributed by atoms with Crippen LogP contribution in [0.1, 0.15) is 30.9 Å². The summed E-state index contributed by atoms with van der Waals surface area (Å²) in [5, 5.41) is 4.03. The monoisotopic (exact) mass is 190 g/mol. The van der Waals surface area contributed by atoms with Crippen LogP contribution >= 0.6 is 0 Å². The fraction of sp³-hybridized carbons (Fsp3) is 0.778. The van der Waals surface area contributed by atoms with E-state index >= 15 is 0 Å². The molecule has 2 heterocycles. The molecule has 0 aliphatic carbocycles. The smallest absolute Gasteiger partial charge is 0.266 e. The molecule has 74 valence electrons. The van der Waals surface area contributed by atoms with E-state index in [1.165, 1.54) is 23.9 Å². The molecule has 0 spiro atoms. The molecule has 0 aromatic carbocycles. The summed E-state index contributed by atoms with van der Waals surface area (Å²) >= 11 is 0. The van der Waals surface area contributed by atoms with Gasteiger partial charge in [0.25, 0.3) is 7.98 Å². The van der Waals surface area contributed by atoms with Crippen molar-refractivity contribution in [2.45, 2.75) is 32.7 Å². The van der Waals surface area contributed by atoms with Gasteiger partial charge in [0.15, 0.2) is 0 Å². The van der Waals surface area contributed by atoms with Crippen molar-refractivity contribution in [1.82, 2.24) is 19.6 Å². The largest absolute Gasteiger partial charge is 0.310 e. The second-order valence-electron chi connectivity index (χ2n) is 3.86. The summed E-state index contributed by atoms with van der Waals surface area (Å²) in [4.78, 5) is 6.67. The van der Waals surface area contributed by atoms with E-state index in [4.69, 9.17) is 7.98 Å². The summed E-state index contributed by atoms with van der Waals surface area (Å²) in [7, 11) is 5.67. The molecule has 2 rings (SSSR count). The van der Waals surface area contributed by atoms with E-state index in [1.807, 2.05) is 6.92 Å². The Balaban J connectivity index is 1.98. The quantitative estimate of drug-likeness (QED) is 0.637. The molecule has 5 heteroatoms. The topological polar surface area (TPSA) is 34.0 Å². The lowest BCUT2D eigenvalue weighted by molar-refractivity contribution is 0.215. The fourth-order valence-electron chi connectivity index (χ4n) is 1.90. The van der Waals surface area contributed by atoms with Gasteiger partial charge in [-0.3, -0.25) is 4.90 Å². The fourth-order valence-corrected chi connectivity index (χ4v) is 1.90. The van der Waals surface area contributed by atoms with E-state index in [2.05, 4.69) is 15.0 Å². The molecule has 1 aliphatic heterocycles. The Morgan fingerprint density at radius 1 is 1.29 bits per heavy atom. The first-order valence-corrected chi connectivity index (χ1v) is 5.15. The van der Waals surface area contributed by atoms with Crippen molar-refractivity contribution >= 4 is 7.98 Å². The van der Waals surface area contributed by atoms with Gasteiger partial charge in [-0.25, -0.2) is 4.98 Å². The molecular weight excluding hydrogens is 175 g/mol. The van der Waals surface area contributed by atoms with Crippen molar-refractivity contribution in [3.63, 3.8) is 0 Å². The number of rotatable bonds is 2. The minimum absolute atomic E-state index is 0.750. The van der Waals surface area contributed by atoms with Gasteiger partial charge >= 0.3 is 0 Å². The Hall–Kier alpha value is -0.835. The van der Waals surface area contributed by atoms with Crippen molar-refractivity contribution in [2.24, 2.45) is 0 Å². The van der Waals surface area contributed by atoms with Crippen LogP contribution in [-0.4, -0.2) is 40.6 Å². The Labute approximate surface area is 85.7 Å². The van der Waals surface area contributed by atoms with E-state index in [-0.39, 0.29) is 0 Å². The molecule has 1 aliphatic rings. The lowest BCUT2D eigenvalue weighted by atomic mass is 10.1. The predicted molar refractivity (Wildman–Crippen MR) is 55.0 cm³/mol. The zero-order chi connectivity index (χ0) is 9.97.